The zero-order valence-electron chi connectivity index (χ0n) is 17.1. The van der Waals surface area contributed by atoms with Crippen molar-refractivity contribution in [3.63, 3.8) is 0 Å². The van der Waals surface area contributed by atoms with E-state index in [1.54, 1.807) is 6.92 Å². The van der Waals surface area contributed by atoms with E-state index < -0.39 is 0 Å². The smallest absolute Gasteiger partial charge is 0.344 e. The Hall–Kier alpha value is -3.37. The number of rotatable bonds is 9. The number of esters is 1. The molecular formula is C26H26O4. The fourth-order valence-electron chi connectivity index (χ4n) is 3.35. The van der Waals surface area contributed by atoms with E-state index in [0.717, 1.165) is 27.8 Å². The maximum atomic E-state index is 11.5. The third-order valence-electron chi connectivity index (χ3n) is 4.65. The number of carbonyl (C=O) groups excluding carboxylic acids is 1. The van der Waals surface area contributed by atoms with Gasteiger partial charge in [-0.05, 0) is 53.3 Å². The van der Waals surface area contributed by atoms with Gasteiger partial charge in [0.25, 0.3) is 0 Å². The predicted octanol–water partition coefficient (Wildman–Crippen LogP) is 4.97. The largest absolute Gasteiger partial charge is 0.482 e. The molecule has 3 rings (SSSR count). The van der Waals surface area contributed by atoms with Gasteiger partial charge in [0.2, 0.25) is 0 Å². The van der Waals surface area contributed by atoms with Crippen LogP contribution in [-0.2, 0) is 9.53 Å². The molecule has 0 aliphatic rings. The van der Waals surface area contributed by atoms with E-state index in [-0.39, 0.29) is 19.2 Å². The Balaban J connectivity index is 2.00. The molecule has 0 fully saturated rings. The number of aliphatic hydroxyl groups is 1. The highest BCUT2D eigenvalue weighted by Gasteiger charge is 2.14. The Kier molecular flexibility index (Phi) is 7.81. The molecule has 154 valence electrons. The lowest BCUT2D eigenvalue weighted by molar-refractivity contribution is -0.145. The van der Waals surface area contributed by atoms with Crippen LogP contribution in [0.5, 0.6) is 5.75 Å². The van der Waals surface area contributed by atoms with Gasteiger partial charge in [-0.3, -0.25) is 0 Å². The van der Waals surface area contributed by atoms with E-state index in [1.165, 1.54) is 0 Å². The topological polar surface area (TPSA) is 55.8 Å². The van der Waals surface area contributed by atoms with Crippen LogP contribution < -0.4 is 4.74 Å². The Bertz CT molecular complexity index is 961. The zero-order valence-corrected chi connectivity index (χ0v) is 17.1. The molecular weight excluding hydrogens is 376 g/mol. The van der Waals surface area contributed by atoms with Crippen molar-refractivity contribution < 1.29 is 19.4 Å². The van der Waals surface area contributed by atoms with Crippen molar-refractivity contribution >= 4 is 17.1 Å². The molecule has 0 atom stereocenters. The van der Waals surface area contributed by atoms with Crippen LogP contribution in [0.25, 0.3) is 11.1 Å². The molecule has 0 heterocycles. The molecule has 0 amide bonds. The normalized spacial score (nSPS) is 11.5. The van der Waals surface area contributed by atoms with E-state index in [9.17, 15) is 9.90 Å². The van der Waals surface area contributed by atoms with Gasteiger partial charge in [0, 0.05) is 6.61 Å². The first-order valence-electron chi connectivity index (χ1n) is 10.1. The van der Waals surface area contributed by atoms with Gasteiger partial charge in [-0.1, -0.05) is 72.8 Å². The van der Waals surface area contributed by atoms with Crippen LogP contribution in [-0.4, -0.2) is 30.9 Å². The van der Waals surface area contributed by atoms with E-state index in [2.05, 4.69) is 24.3 Å². The van der Waals surface area contributed by atoms with Crippen molar-refractivity contribution in [2.24, 2.45) is 0 Å². The summed E-state index contributed by atoms with van der Waals surface area (Å²) in [4.78, 5) is 11.5. The summed E-state index contributed by atoms with van der Waals surface area (Å²) in [6.07, 6.45) is 0.537. The lowest BCUT2D eigenvalue weighted by Crippen LogP contribution is -2.14. The third kappa shape index (κ3) is 5.58. The van der Waals surface area contributed by atoms with Crippen molar-refractivity contribution in [1.29, 1.82) is 0 Å². The van der Waals surface area contributed by atoms with Crippen LogP contribution in [0.2, 0.25) is 0 Å². The summed E-state index contributed by atoms with van der Waals surface area (Å²) in [6.45, 7) is 2.04. The quantitative estimate of drug-likeness (QED) is 0.406. The molecule has 4 heteroatoms. The van der Waals surface area contributed by atoms with Gasteiger partial charge >= 0.3 is 5.97 Å². The molecule has 3 aromatic carbocycles. The van der Waals surface area contributed by atoms with Gasteiger partial charge < -0.3 is 14.6 Å². The zero-order chi connectivity index (χ0) is 21.2. The molecule has 30 heavy (non-hydrogen) atoms. The molecule has 4 nitrogen and oxygen atoms in total. The van der Waals surface area contributed by atoms with Crippen LogP contribution in [0.1, 0.15) is 30.0 Å². The molecule has 0 bridgehead atoms. The number of carbonyl (C=O) groups is 1. The van der Waals surface area contributed by atoms with Crippen molar-refractivity contribution in [3.8, 4) is 5.75 Å². The van der Waals surface area contributed by atoms with Gasteiger partial charge in [0.05, 0.1) is 6.61 Å². The van der Waals surface area contributed by atoms with Crippen LogP contribution >= 0.6 is 0 Å². The van der Waals surface area contributed by atoms with Crippen molar-refractivity contribution in [2.75, 3.05) is 19.8 Å². The van der Waals surface area contributed by atoms with Gasteiger partial charge in [0.15, 0.2) is 6.61 Å². The minimum absolute atomic E-state index is 0.0568. The summed E-state index contributed by atoms with van der Waals surface area (Å²) in [6, 6.07) is 27.9. The third-order valence-corrected chi connectivity index (χ3v) is 4.65. The molecule has 0 saturated heterocycles. The van der Waals surface area contributed by atoms with Gasteiger partial charge in [-0.25, -0.2) is 4.79 Å². The Morgan fingerprint density at radius 2 is 1.37 bits per heavy atom. The highest BCUT2D eigenvalue weighted by molar-refractivity contribution is 5.98. The SMILES string of the molecule is CCOC(=O)COc1ccc(/C(=C(/CCO)c2ccccc2)c2ccccc2)cc1. The molecule has 0 saturated carbocycles. The second-order valence-corrected chi connectivity index (χ2v) is 6.68. The van der Waals surface area contributed by atoms with Crippen molar-refractivity contribution in [2.45, 2.75) is 13.3 Å². The highest BCUT2D eigenvalue weighted by atomic mass is 16.6. The summed E-state index contributed by atoms with van der Waals surface area (Å²) >= 11 is 0. The van der Waals surface area contributed by atoms with Crippen LogP contribution in [0, 0.1) is 0 Å². The standard InChI is InChI=1S/C26H26O4/c1-2-29-25(28)19-30-23-15-13-22(14-16-23)26(21-11-7-4-8-12-21)24(17-18-27)20-9-5-3-6-10-20/h3-16,27H,2,17-19H2,1H3/b26-24-. The molecule has 0 unspecified atom stereocenters. The maximum absolute atomic E-state index is 11.5. The van der Waals surface area contributed by atoms with E-state index in [0.29, 0.717) is 18.8 Å². The number of benzene rings is 3. The summed E-state index contributed by atoms with van der Waals surface area (Å²) in [5.41, 5.74) is 5.30. The molecule has 0 radical (unpaired) electrons. The fraction of sp³-hybridized carbons (Fsp3) is 0.192. The molecule has 0 aromatic heterocycles. The van der Waals surface area contributed by atoms with Crippen molar-refractivity contribution in [1.82, 2.24) is 0 Å². The number of hydrogen-bond acceptors (Lipinski definition) is 4. The van der Waals surface area contributed by atoms with E-state index in [1.807, 2.05) is 60.7 Å². The van der Waals surface area contributed by atoms with Crippen molar-refractivity contribution in [3.05, 3.63) is 102 Å². The molecule has 3 aromatic rings. The van der Waals surface area contributed by atoms with E-state index >= 15 is 0 Å². The van der Waals surface area contributed by atoms with E-state index in [4.69, 9.17) is 9.47 Å². The van der Waals surface area contributed by atoms with Gasteiger partial charge in [-0.15, -0.1) is 0 Å². The molecule has 0 aliphatic carbocycles. The molecule has 1 N–H and O–H groups in total. The molecule has 0 aliphatic heterocycles. The predicted molar refractivity (Wildman–Crippen MR) is 119 cm³/mol. The average molecular weight is 402 g/mol. The fourth-order valence-corrected chi connectivity index (χ4v) is 3.35. The lowest BCUT2D eigenvalue weighted by Gasteiger charge is -2.17. The summed E-state index contributed by atoms with van der Waals surface area (Å²) < 4.78 is 10.4. The number of ether oxygens (including phenoxy) is 2. The second kappa shape index (κ2) is 11.0. The monoisotopic (exact) mass is 402 g/mol. The Morgan fingerprint density at radius 1 is 0.800 bits per heavy atom. The number of hydrogen-bond donors (Lipinski definition) is 1. The maximum Gasteiger partial charge on any atom is 0.344 e. The first kappa shape index (κ1) is 21.3. The Morgan fingerprint density at radius 3 is 1.93 bits per heavy atom. The summed E-state index contributed by atoms with van der Waals surface area (Å²) in [5, 5.41) is 9.75. The first-order chi connectivity index (χ1) is 14.7. The minimum Gasteiger partial charge on any atom is -0.482 e. The van der Waals surface area contributed by atoms with Crippen LogP contribution in [0.3, 0.4) is 0 Å². The summed E-state index contributed by atoms with van der Waals surface area (Å²) in [5.74, 6) is 0.211. The lowest BCUT2D eigenvalue weighted by atomic mass is 9.88. The first-order valence-corrected chi connectivity index (χ1v) is 10.1. The van der Waals surface area contributed by atoms with Crippen LogP contribution in [0.15, 0.2) is 84.9 Å². The summed E-state index contributed by atoms with van der Waals surface area (Å²) in [7, 11) is 0. The second-order valence-electron chi connectivity index (χ2n) is 6.68. The Labute approximate surface area is 177 Å². The van der Waals surface area contributed by atoms with Gasteiger partial charge in [0.1, 0.15) is 5.75 Å². The minimum atomic E-state index is -0.388. The van der Waals surface area contributed by atoms with Crippen LogP contribution in [0.4, 0.5) is 0 Å². The van der Waals surface area contributed by atoms with Gasteiger partial charge in [-0.2, -0.15) is 0 Å². The number of aliphatic hydroxyl groups excluding tert-OH is 1. The molecule has 0 spiro atoms. The average Bonchev–Trinajstić information content (AvgIpc) is 2.80. The highest BCUT2D eigenvalue weighted by Crippen LogP contribution is 2.34.